The molecule has 1 saturated heterocycles. The van der Waals surface area contributed by atoms with Crippen molar-refractivity contribution in [3.8, 4) is 11.8 Å². The number of nitrogens with zero attached hydrogens (tertiary/aromatic N) is 2. The number of likely N-dealkylation sites (tertiary alicyclic amines) is 1. The molecule has 1 aliphatic rings. The predicted molar refractivity (Wildman–Crippen MR) is 76.4 cm³/mol. The number of benzene rings is 1. The number of nitrogens with one attached hydrogen (secondary N) is 1. The Balaban J connectivity index is 1.87. The quantitative estimate of drug-likeness (QED) is 0.909. The van der Waals surface area contributed by atoms with Crippen LogP contribution in [0.2, 0.25) is 0 Å². The average molecular weight is 273 g/mol. The van der Waals surface area contributed by atoms with Gasteiger partial charge in [0.15, 0.2) is 0 Å². The summed E-state index contributed by atoms with van der Waals surface area (Å²) in [6.45, 7) is 1.89. The van der Waals surface area contributed by atoms with Crippen molar-refractivity contribution in [2.75, 3.05) is 32.1 Å². The molecule has 1 aromatic carbocycles. The van der Waals surface area contributed by atoms with Crippen LogP contribution in [0.5, 0.6) is 5.75 Å². The van der Waals surface area contributed by atoms with Crippen LogP contribution in [0.4, 0.5) is 5.69 Å². The molecule has 1 unspecified atom stereocenters. The van der Waals surface area contributed by atoms with Crippen LogP contribution in [0.15, 0.2) is 24.3 Å². The summed E-state index contributed by atoms with van der Waals surface area (Å²) < 4.78 is 5.12. The zero-order chi connectivity index (χ0) is 14.4. The van der Waals surface area contributed by atoms with Gasteiger partial charge in [0.25, 0.3) is 0 Å². The van der Waals surface area contributed by atoms with E-state index in [-0.39, 0.29) is 11.8 Å². The fourth-order valence-corrected chi connectivity index (χ4v) is 2.41. The molecule has 2 rings (SSSR count). The fourth-order valence-electron chi connectivity index (χ4n) is 2.41. The molecule has 1 N–H and O–H groups in total. The first-order chi connectivity index (χ1) is 9.71. The molecule has 5 heteroatoms. The van der Waals surface area contributed by atoms with Crippen LogP contribution in [0, 0.1) is 17.2 Å². The second-order valence-corrected chi connectivity index (χ2v) is 4.98. The second-order valence-electron chi connectivity index (χ2n) is 4.98. The summed E-state index contributed by atoms with van der Waals surface area (Å²) in [5, 5.41) is 11.8. The minimum Gasteiger partial charge on any atom is -0.497 e. The van der Waals surface area contributed by atoms with Crippen molar-refractivity contribution in [1.29, 1.82) is 5.26 Å². The monoisotopic (exact) mass is 273 g/mol. The SMILES string of the molecule is COc1cccc(NC(=O)CN2CCCC(C#N)C2)c1. The largest absolute Gasteiger partial charge is 0.497 e. The second kappa shape index (κ2) is 6.92. The van der Waals surface area contributed by atoms with Crippen molar-refractivity contribution in [3.05, 3.63) is 24.3 Å². The third-order valence-corrected chi connectivity index (χ3v) is 3.41. The number of piperidine rings is 1. The van der Waals surface area contributed by atoms with E-state index >= 15 is 0 Å². The number of carbonyl (C=O) groups excluding carboxylic acids is 1. The van der Waals surface area contributed by atoms with Gasteiger partial charge >= 0.3 is 0 Å². The van der Waals surface area contributed by atoms with Crippen LogP contribution < -0.4 is 10.1 Å². The number of anilines is 1. The lowest BCUT2D eigenvalue weighted by molar-refractivity contribution is -0.117. The van der Waals surface area contributed by atoms with Gasteiger partial charge in [-0.2, -0.15) is 5.26 Å². The smallest absolute Gasteiger partial charge is 0.238 e. The maximum absolute atomic E-state index is 12.0. The Kier molecular flexibility index (Phi) is 4.97. The van der Waals surface area contributed by atoms with Crippen molar-refractivity contribution >= 4 is 11.6 Å². The summed E-state index contributed by atoms with van der Waals surface area (Å²) in [7, 11) is 1.59. The number of methoxy groups -OCH3 is 1. The van der Waals surface area contributed by atoms with Gasteiger partial charge in [-0.15, -0.1) is 0 Å². The highest BCUT2D eigenvalue weighted by atomic mass is 16.5. The topological polar surface area (TPSA) is 65.4 Å². The lowest BCUT2D eigenvalue weighted by Gasteiger charge is -2.28. The van der Waals surface area contributed by atoms with Gasteiger partial charge < -0.3 is 10.1 Å². The molecule has 0 aliphatic carbocycles. The molecule has 1 aliphatic heterocycles. The molecule has 5 nitrogen and oxygen atoms in total. The van der Waals surface area contributed by atoms with Gasteiger partial charge in [0.05, 0.1) is 25.6 Å². The number of amides is 1. The molecule has 0 aromatic heterocycles. The number of nitriles is 1. The zero-order valence-electron chi connectivity index (χ0n) is 11.6. The minimum absolute atomic E-state index is 0.0494. The lowest BCUT2D eigenvalue weighted by Crippen LogP contribution is -2.40. The summed E-state index contributed by atoms with van der Waals surface area (Å²) in [5.41, 5.74) is 0.725. The van der Waals surface area contributed by atoms with Crippen LogP contribution in [-0.2, 0) is 4.79 Å². The summed E-state index contributed by atoms with van der Waals surface area (Å²) in [6, 6.07) is 9.56. The predicted octanol–water partition coefficient (Wildman–Crippen LogP) is 1.87. The van der Waals surface area contributed by atoms with Gasteiger partial charge in [0.2, 0.25) is 5.91 Å². The highest BCUT2D eigenvalue weighted by Crippen LogP contribution is 2.18. The molecule has 1 heterocycles. The Morgan fingerprint density at radius 3 is 3.20 bits per heavy atom. The Bertz CT molecular complexity index is 510. The molecule has 1 fully saturated rings. The molecular formula is C15H19N3O2. The van der Waals surface area contributed by atoms with Gasteiger partial charge in [-0.05, 0) is 31.5 Å². The van der Waals surface area contributed by atoms with Crippen LogP contribution in [0.3, 0.4) is 0 Å². The van der Waals surface area contributed by atoms with Crippen molar-refractivity contribution in [3.63, 3.8) is 0 Å². The van der Waals surface area contributed by atoms with E-state index < -0.39 is 0 Å². The molecule has 0 radical (unpaired) electrons. The van der Waals surface area contributed by atoms with Gasteiger partial charge in [-0.25, -0.2) is 0 Å². The standard InChI is InChI=1S/C15H19N3O2/c1-20-14-6-2-5-13(8-14)17-15(19)11-18-7-3-4-12(9-16)10-18/h2,5-6,8,12H,3-4,7,10-11H2,1H3,(H,17,19). The Morgan fingerprint density at radius 1 is 1.60 bits per heavy atom. The average Bonchev–Trinajstić information content (AvgIpc) is 2.47. The number of carbonyl (C=O) groups is 1. The first-order valence-electron chi connectivity index (χ1n) is 6.77. The molecule has 0 bridgehead atoms. The lowest BCUT2D eigenvalue weighted by atomic mass is 10.00. The van der Waals surface area contributed by atoms with Crippen molar-refractivity contribution in [2.45, 2.75) is 12.8 Å². The third kappa shape index (κ3) is 3.97. The van der Waals surface area contributed by atoms with E-state index in [1.54, 1.807) is 13.2 Å². The normalized spacial score (nSPS) is 19.1. The van der Waals surface area contributed by atoms with E-state index in [9.17, 15) is 4.79 Å². The van der Waals surface area contributed by atoms with Crippen LogP contribution in [0.25, 0.3) is 0 Å². The highest BCUT2D eigenvalue weighted by molar-refractivity contribution is 5.92. The van der Waals surface area contributed by atoms with Crippen LogP contribution in [0.1, 0.15) is 12.8 Å². The number of rotatable bonds is 4. The minimum atomic E-state index is -0.0585. The van der Waals surface area contributed by atoms with E-state index in [1.165, 1.54) is 0 Å². The van der Waals surface area contributed by atoms with Crippen molar-refractivity contribution in [2.24, 2.45) is 5.92 Å². The summed E-state index contributed by atoms with van der Waals surface area (Å²) in [5.74, 6) is 0.704. The Hall–Kier alpha value is -2.06. The summed E-state index contributed by atoms with van der Waals surface area (Å²) in [6.07, 6.45) is 1.91. The maximum Gasteiger partial charge on any atom is 0.238 e. The summed E-state index contributed by atoms with van der Waals surface area (Å²) in [4.78, 5) is 14.0. The highest BCUT2D eigenvalue weighted by Gasteiger charge is 2.21. The molecule has 0 spiro atoms. The fraction of sp³-hybridized carbons (Fsp3) is 0.467. The number of hydrogen-bond acceptors (Lipinski definition) is 4. The van der Waals surface area contributed by atoms with Crippen LogP contribution >= 0.6 is 0 Å². The molecule has 106 valence electrons. The van der Waals surface area contributed by atoms with Gasteiger partial charge in [0, 0.05) is 18.3 Å². The van der Waals surface area contributed by atoms with E-state index in [0.717, 1.165) is 25.1 Å². The first kappa shape index (κ1) is 14.4. The van der Waals surface area contributed by atoms with E-state index in [2.05, 4.69) is 11.4 Å². The molecule has 0 saturated carbocycles. The maximum atomic E-state index is 12.0. The van der Waals surface area contributed by atoms with Crippen molar-refractivity contribution < 1.29 is 9.53 Å². The molecule has 1 amide bonds. The van der Waals surface area contributed by atoms with E-state index in [0.29, 0.717) is 18.8 Å². The van der Waals surface area contributed by atoms with Gasteiger partial charge in [-0.1, -0.05) is 6.07 Å². The van der Waals surface area contributed by atoms with Gasteiger partial charge in [0.1, 0.15) is 5.75 Å². The molecular weight excluding hydrogens is 254 g/mol. The first-order valence-corrected chi connectivity index (χ1v) is 6.77. The van der Waals surface area contributed by atoms with E-state index in [1.807, 2.05) is 23.1 Å². The molecule has 1 atom stereocenters. The number of ether oxygens (including phenoxy) is 1. The molecule has 1 aromatic rings. The molecule has 20 heavy (non-hydrogen) atoms. The Morgan fingerprint density at radius 2 is 2.45 bits per heavy atom. The van der Waals surface area contributed by atoms with E-state index in [4.69, 9.17) is 10.00 Å². The number of hydrogen-bond donors (Lipinski definition) is 1. The zero-order valence-corrected chi connectivity index (χ0v) is 11.6. The summed E-state index contributed by atoms with van der Waals surface area (Å²) >= 11 is 0. The van der Waals surface area contributed by atoms with Gasteiger partial charge in [-0.3, -0.25) is 9.69 Å². The Labute approximate surface area is 119 Å². The van der Waals surface area contributed by atoms with Crippen molar-refractivity contribution in [1.82, 2.24) is 4.90 Å². The third-order valence-electron chi connectivity index (χ3n) is 3.41. The van der Waals surface area contributed by atoms with Crippen LogP contribution in [-0.4, -0.2) is 37.6 Å².